The van der Waals surface area contributed by atoms with E-state index in [0.29, 0.717) is 50.5 Å². The fourth-order valence-corrected chi connectivity index (χ4v) is 7.42. The van der Waals surface area contributed by atoms with Crippen LogP contribution >= 0.6 is 0 Å². The number of benzene rings is 3. The Labute approximate surface area is 300 Å². The van der Waals surface area contributed by atoms with Crippen LogP contribution in [0.3, 0.4) is 0 Å². The summed E-state index contributed by atoms with van der Waals surface area (Å²) in [6.45, 7) is 8.33. The van der Waals surface area contributed by atoms with Crippen molar-refractivity contribution in [1.82, 2.24) is 20.9 Å². The molecule has 0 spiro atoms. The molecule has 51 heavy (non-hydrogen) atoms. The van der Waals surface area contributed by atoms with Crippen LogP contribution in [0.25, 0.3) is 0 Å². The van der Waals surface area contributed by atoms with Crippen molar-refractivity contribution >= 4 is 35.1 Å². The molecule has 6 rings (SSSR count). The summed E-state index contributed by atoms with van der Waals surface area (Å²) in [4.78, 5) is 59.3. The number of nitrogens with one attached hydrogen (secondary N) is 3. The quantitative estimate of drug-likeness (QED) is 0.294. The number of rotatable bonds is 4. The second-order valence-corrected chi connectivity index (χ2v) is 14.8. The summed E-state index contributed by atoms with van der Waals surface area (Å²) in [5.41, 5.74) is 10.9. The van der Waals surface area contributed by atoms with E-state index in [2.05, 4.69) is 16.0 Å². The van der Waals surface area contributed by atoms with Crippen molar-refractivity contribution in [3.63, 3.8) is 0 Å². The molecule has 3 heterocycles. The monoisotopic (exact) mass is 694 g/mol. The molecule has 3 aromatic rings. The lowest BCUT2D eigenvalue weighted by Crippen LogP contribution is -2.57. The number of ether oxygens (including phenoxy) is 1. The van der Waals surface area contributed by atoms with E-state index < -0.39 is 24.0 Å². The number of anilines is 2. The van der Waals surface area contributed by atoms with Crippen molar-refractivity contribution in [2.45, 2.75) is 83.3 Å². The Hall–Kier alpha value is -5.06. The molecule has 1 saturated heterocycles. The summed E-state index contributed by atoms with van der Waals surface area (Å²) in [5.74, 6) is -0.164. The first-order valence-corrected chi connectivity index (χ1v) is 18.1. The third kappa shape index (κ3) is 8.64. The highest BCUT2D eigenvalue weighted by Crippen LogP contribution is 2.41. The Morgan fingerprint density at radius 2 is 1.82 bits per heavy atom. The van der Waals surface area contributed by atoms with Crippen LogP contribution in [-0.4, -0.2) is 67.0 Å². The highest BCUT2D eigenvalue weighted by atomic mass is 16.5. The van der Waals surface area contributed by atoms with E-state index in [9.17, 15) is 19.2 Å². The van der Waals surface area contributed by atoms with Gasteiger partial charge < -0.3 is 31.3 Å². The topological polar surface area (TPSA) is 146 Å². The molecule has 0 aromatic heterocycles. The largest absolute Gasteiger partial charge is 0.494 e. The summed E-state index contributed by atoms with van der Waals surface area (Å²) < 4.78 is 6.14. The molecular formula is C40H50N6O5. The van der Waals surface area contributed by atoms with Crippen LogP contribution in [-0.2, 0) is 32.8 Å². The number of piperidine rings is 1. The predicted molar refractivity (Wildman–Crippen MR) is 197 cm³/mol. The van der Waals surface area contributed by atoms with Gasteiger partial charge in [-0.1, -0.05) is 50.2 Å². The van der Waals surface area contributed by atoms with Gasteiger partial charge in [0.15, 0.2) is 0 Å². The highest BCUT2D eigenvalue weighted by Gasteiger charge is 2.40. The van der Waals surface area contributed by atoms with Gasteiger partial charge in [-0.2, -0.15) is 0 Å². The van der Waals surface area contributed by atoms with Gasteiger partial charge in [0.05, 0.1) is 13.0 Å². The molecule has 11 nitrogen and oxygen atoms in total. The molecule has 4 bridgehead atoms. The molecule has 3 aliphatic heterocycles. The summed E-state index contributed by atoms with van der Waals surface area (Å²) in [5, 5.41) is 8.84. The zero-order valence-corrected chi connectivity index (χ0v) is 29.9. The number of aryl methyl sites for hydroxylation is 2. The maximum Gasteiger partial charge on any atom is 0.322 e. The molecule has 1 unspecified atom stereocenters. The van der Waals surface area contributed by atoms with Gasteiger partial charge in [0.2, 0.25) is 17.7 Å². The van der Waals surface area contributed by atoms with Crippen molar-refractivity contribution in [3.05, 3.63) is 89.0 Å². The lowest BCUT2D eigenvalue weighted by atomic mass is 9.87. The van der Waals surface area contributed by atoms with Crippen molar-refractivity contribution in [2.75, 3.05) is 36.9 Å². The van der Waals surface area contributed by atoms with E-state index in [1.54, 1.807) is 15.9 Å². The van der Waals surface area contributed by atoms with E-state index >= 15 is 0 Å². The second-order valence-electron chi connectivity index (χ2n) is 14.8. The van der Waals surface area contributed by atoms with Gasteiger partial charge in [-0.25, -0.2) is 4.79 Å². The average molecular weight is 695 g/mol. The van der Waals surface area contributed by atoms with Crippen LogP contribution in [0.5, 0.6) is 5.75 Å². The average Bonchev–Trinajstić information content (AvgIpc) is 3.39. The van der Waals surface area contributed by atoms with Crippen molar-refractivity contribution < 1.29 is 23.9 Å². The molecule has 0 aliphatic carbocycles. The fourth-order valence-electron chi connectivity index (χ4n) is 7.42. The molecule has 0 saturated carbocycles. The highest BCUT2D eigenvalue weighted by molar-refractivity contribution is 6.00. The summed E-state index contributed by atoms with van der Waals surface area (Å²) in [7, 11) is 0. The number of fused-ring (bicyclic) bond motifs is 5. The Morgan fingerprint density at radius 3 is 2.63 bits per heavy atom. The normalized spacial score (nSPS) is 22.5. The van der Waals surface area contributed by atoms with Crippen LogP contribution in [0.4, 0.5) is 16.2 Å². The zero-order valence-electron chi connectivity index (χ0n) is 29.9. The minimum absolute atomic E-state index is 0.217. The summed E-state index contributed by atoms with van der Waals surface area (Å²) in [6, 6.07) is 18.4. The molecule has 5 amide bonds. The number of carbonyl (C=O) groups excluding carboxylic acids is 4. The first kappa shape index (κ1) is 35.8. The van der Waals surface area contributed by atoms with E-state index in [4.69, 9.17) is 10.5 Å². The van der Waals surface area contributed by atoms with Crippen LogP contribution in [0.1, 0.15) is 68.2 Å². The number of carbonyl (C=O) groups is 4. The maximum atomic E-state index is 14.2. The number of amides is 5. The van der Waals surface area contributed by atoms with Gasteiger partial charge in [-0.15, -0.1) is 0 Å². The number of nitrogens with two attached hydrogens (primary N) is 1. The third-order valence-electron chi connectivity index (χ3n) is 10.5. The van der Waals surface area contributed by atoms with Gasteiger partial charge in [0.1, 0.15) is 17.8 Å². The fraction of sp³-hybridized carbons (Fsp3) is 0.450. The molecule has 0 radical (unpaired) electrons. The second kappa shape index (κ2) is 15.4. The lowest BCUT2D eigenvalue weighted by molar-refractivity contribution is -0.137. The van der Waals surface area contributed by atoms with Crippen molar-refractivity contribution in [1.29, 1.82) is 0 Å². The van der Waals surface area contributed by atoms with Gasteiger partial charge in [-0.05, 0) is 97.5 Å². The third-order valence-corrected chi connectivity index (χ3v) is 10.5. The molecule has 3 atom stereocenters. The number of nitrogen functional groups attached to an aromatic ring is 1. The molecule has 11 heteroatoms. The Bertz CT molecular complexity index is 1760. The van der Waals surface area contributed by atoms with Crippen molar-refractivity contribution in [2.24, 2.45) is 5.92 Å². The Kier molecular flexibility index (Phi) is 10.8. The number of hydrogen-bond donors (Lipinski definition) is 4. The van der Waals surface area contributed by atoms with Gasteiger partial charge >= 0.3 is 6.03 Å². The lowest BCUT2D eigenvalue weighted by Gasteiger charge is -2.34. The first-order chi connectivity index (χ1) is 24.5. The van der Waals surface area contributed by atoms with Gasteiger partial charge in [-0.3, -0.25) is 19.3 Å². The standard InChI is InChI=1S/C40H50N6O5/c1-26-11-14-31-20-29(26)23-42-37(48)33(15-12-27-8-5-4-6-9-27)43-38(49)34(22-36(47)45-18-7-10-28(24-45)17-19-51-31)44-39(50)46-25-40(2,3)32-21-30(41)13-16-35(32)46/h4-6,8-9,11,13-14,16,20-21,28,33-34H,7,10,12,15,17-19,22-25,41H2,1-3H3,(H,42,48)(H,43,49)(H,44,50)/t28?,33-,34-/m0/s1. The molecular weight excluding hydrogens is 644 g/mol. The van der Waals surface area contributed by atoms with Crippen LogP contribution in [0.15, 0.2) is 66.7 Å². The smallest absolute Gasteiger partial charge is 0.322 e. The molecule has 5 N–H and O–H groups in total. The van der Waals surface area contributed by atoms with Crippen LogP contribution < -0.4 is 31.3 Å². The van der Waals surface area contributed by atoms with Gasteiger partial charge in [0, 0.05) is 43.0 Å². The van der Waals surface area contributed by atoms with E-state index in [-0.39, 0.29) is 36.1 Å². The van der Waals surface area contributed by atoms with Gasteiger partial charge in [0.25, 0.3) is 0 Å². The van der Waals surface area contributed by atoms with E-state index in [0.717, 1.165) is 47.3 Å². The number of nitrogens with zero attached hydrogens (tertiary/aromatic N) is 2. The van der Waals surface area contributed by atoms with E-state index in [1.807, 2.05) is 81.4 Å². The van der Waals surface area contributed by atoms with Crippen molar-refractivity contribution in [3.8, 4) is 5.75 Å². The van der Waals surface area contributed by atoms with Crippen LogP contribution in [0.2, 0.25) is 0 Å². The Morgan fingerprint density at radius 1 is 1.02 bits per heavy atom. The number of hydrogen-bond acceptors (Lipinski definition) is 6. The Balaban J connectivity index is 1.28. The summed E-state index contributed by atoms with van der Waals surface area (Å²) >= 11 is 0. The predicted octanol–water partition coefficient (Wildman–Crippen LogP) is 4.60. The first-order valence-electron chi connectivity index (χ1n) is 18.1. The maximum absolute atomic E-state index is 14.2. The molecule has 3 aromatic carbocycles. The molecule has 1 fully saturated rings. The minimum Gasteiger partial charge on any atom is -0.494 e. The van der Waals surface area contributed by atoms with Crippen LogP contribution in [0, 0.1) is 12.8 Å². The zero-order chi connectivity index (χ0) is 36.1. The number of urea groups is 1. The molecule has 3 aliphatic rings. The summed E-state index contributed by atoms with van der Waals surface area (Å²) in [6.07, 6.45) is 3.23. The minimum atomic E-state index is -1.21. The SMILES string of the molecule is Cc1ccc2cc1CNC(=O)[C@H](CCc1ccccc1)NC(=O)[C@@H](NC(=O)N1CC(C)(C)c3cc(N)ccc31)CC(=O)N1CCCC(CCO2)C1. The molecule has 270 valence electrons. The van der Waals surface area contributed by atoms with E-state index in [1.165, 1.54) is 0 Å².